The monoisotopic (exact) mass is 384 g/mol. The van der Waals surface area contributed by atoms with Gasteiger partial charge in [0, 0.05) is 4.47 Å². The van der Waals surface area contributed by atoms with Gasteiger partial charge in [0.05, 0.1) is 24.6 Å². The van der Waals surface area contributed by atoms with Crippen molar-refractivity contribution in [2.75, 3.05) is 12.4 Å². The van der Waals surface area contributed by atoms with Crippen molar-refractivity contribution in [2.24, 2.45) is 0 Å². The molecule has 1 N–H and O–H groups in total. The Morgan fingerprint density at radius 1 is 1.26 bits per heavy atom. The number of carbonyl (C=O) groups excluding carboxylic acids is 1. The van der Waals surface area contributed by atoms with Crippen LogP contribution in [0.2, 0.25) is 0 Å². The number of ether oxygens (including phenoxy) is 1. The third-order valence-electron chi connectivity index (χ3n) is 2.39. The van der Waals surface area contributed by atoms with Crippen molar-refractivity contribution in [3.63, 3.8) is 0 Å². The molecular weight excluding hydrogens is 376 g/mol. The molecule has 0 saturated heterocycles. The number of halogens is 2. The van der Waals surface area contributed by atoms with Crippen LogP contribution in [0, 0.1) is 0 Å². The minimum Gasteiger partial charge on any atom is -0.496 e. The van der Waals surface area contributed by atoms with Gasteiger partial charge in [-0.1, -0.05) is 15.9 Å². The second-order valence-corrected chi connectivity index (χ2v) is 5.40. The second kappa shape index (κ2) is 6.16. The van der Waals surface area contributed by atoms with E-state index in [1.165, 1.54) is 7.11 Å². The number of rotatable bonds is 3. The van der Waals surface area contributed by atoms with Crippen molar-refractivity contribution in [1.82, 2.24) is 4.98 Å². The van der Waals surface area contributed by atoms with Gasteiger partial charge in [0.1, 0.15) is 10.4 Å². The molecule has 2 aromatic rings. The van der Waals surface area contributed by atoms with Gasteiger partial charge >= 0.3 is 0 Å². The molecule has 0 unspecified atom stereocenters. The van der Waals surface area contributed by atoms with Crippen molar-refractivity contribution >= 4 is 43.5 Å². The molecular formula is C13H10Br2N2O2. The van der Waals surface area contributed by atoms with Gasteiger partial charge in [-0.25, -0.2) is 4.98 Å². The number of hydrogen-bond donors (Lipinski definition) is 1. The fraction of sp³-hybridized carbons (Fsp3) is 0.0769. The normalized spacial score (nSPS) is 10.1. The van der Waals surface area contributed by atoms with E-state index in [-0.39, 0.29) is 5.91 Å². The van der Waals surface area contributed by atoms with E-state index in [0.717, 1.165) is 4.47 Å². The van der Waals surface area contributed by atoms with Gasteiger partial charge in [-0.2, -0.15) is 0 Å². The molecule has 0 aliphatic heterocycles. The van der Waals surface area contributed by atoms with Crippen molar-refractivity contribution in [1.29, 1.82) is 0 Å². The first kappa shape index (κ1) is 14.0. The number of pyridine rings is 1. The van der Waals surface area contributed by atoms with Crippen molar-refractivity contribution in [2.45, 2.75) is 0 Å². The van der Waals surface area contributed by atoms with E-state index in [0.29, 0.717) is 21.6 Å². The average Bonchev–Trinajstić information content (AvgIpc) is 2.41. The zero-order valence-electron chi connectivity index (χ0n) is 9.98. The highest BCUT2D eigenvalue weighted by atomic mass is 79.9. The van der Waals surface area contributed by atoms with Gasteiger partial charge in [0.15, 0.2) is 0 Å². The molecule has 1 amide bonds. The van der Waals surface area contributed by atoms with Crippen LogP contribution >= 0.6 is 31.9 Å². The number of methoxy groups -OCH3 is 1. The van der Waals surface area contributed by atoms with Crippen LogP contribution in [0.15, 0.2) is 45.6 Å². The average molecular weight is 386 g/mol. The van der Waals surface area contributed by atoms with Gasteiger partial charge < -0.3 is 10.1 Å². The van der Waals surface area contributed by atoms with Gasteiger partial charge in [-0.3, -0.25) is 4.79 Å². The number of carbonyl (C=O) groups is 1. The summed E-state index contributed by atoms with van der Waals surface area (Å²) in [4.78, 5) is 16.2. The molecule has 0 atom stereocenters. The van der Waals surface area contributed by atoms with Gasteiger partial charge in [0.25, 0.3) is 5.91 Å². The lowest BCUT2D eigenvalue weighted by Crippen LogP contribution is -2.13. The smallest absolute Gasteiger partial charge is 0.259 e. The highest BCUT2D eigenvalue weighted by molar-refractivity contribution is 9.10. The zero-order valence-corrected chi connectivity index (χ0v) is 13.2. The fourth-order valence-electron chi connectivity index (χ4n) is 1.50. The maximum absolute atomic E-state index is 12.1. The predicted octanol–water partition coefficient (Wildman–Crippen LogP) is 3.87. The van der Waals surface area contributed by atoms with Crippen LogP contribution < -0.4 is 10.1 Å². The summed E-state index contributed by atoms with van der Waals surface area (Å²) in [6, 6.07) is 8.76. The molecule has 0 aliphatic carbocycles. The molecule has 2 rings (SSSR count). The topological polar surface area (TPSA) is 51.2 Å². The summed E-state index contributed by atoms with van der Waals surface area (Å²) in [5, 5.41) is 2.76. The lowest BCUT2D eigenvalue weighted by atomic mass is 10.2. The Morgan fingerprint density at radius 2 is 2.05 bits per heavy atom. The van der Waals surface area contributed by atoms with Crippen molar-refractivity contribution in [3.05, 3.63) is 51.2 Å². The van der Waals surface area contributed by atoms with Crippen LogP contribution in [0.3, 0.4) is 0 Å². The van der Waals surface area contributed by atoms with Crippen LogP contribution in [0.25, 0.3) is 0 Å². The van der Waals surface area contributed by atoms with Crippen LogP contribution in [-0.2, 0) is 0 Å². The van der Waals surface area contributed by atoms with Crippen LogP contribution in [0.5, 0.6) is 5.75 Å². The molecule has 4 nitrogen and oxygen atoms in total. The lowest BCUT2D eigenvalue weighted by Gasteiger charge is -2.09. The standard InChI is InChI=1S/C13H10Br2N2O2/c1-19-11-6-8(14)2-4-10(11)13(18)17-9-3-5-12(15)16-7-9/h2-7H,1H3,(H,17,18). The summed E-state index contributed by atoms with van der Waals surface area (Å²) in [5.41, 5.74) is 1.09. The third-order valence-corrected chi connectivity index (χ3v) is 3.36. The van der Waals surface area contributed by atoms with E-state index in [1.807, 2.05) is 0 Å². The zero-order chi connectivity index (χ0) is 13.8. The molecule has 98 valence electrons. The molecule has 0 bridgehead atoms. The van der Waals surface area contributed by atoms with E-state index in [2.05, 4.69) is 42.2 Å². The van der Waals surface area contributed by atoms with E-state index in [1.54, 1.807) is 36.5 Å². The first-order chi connectivity index (χ1) is 9.10. The first-order valence-corrected chi connectivity index (χ1v) is 6.95. The maximum atomic E-state index is 12.1. The Kier molecular flexibility index (Phi) is 4.55. The summed E-state index contributed by atoms with van der Waals surface area (Å²) >= 11 is 6.57. The summed E-state index contributed by atoms with van der Waals surface area (Å²) in [6.45, 7) is 0. The first-order valence-electron chi connectivity index (χ1n) is 5.36. The molecule has 0 fully saturated rings. The van der Waals surface area contributed by atoms with Gasteiger partial charge in [-0.15, -0.1) is 0 Å². The summed E-state index contributed by atoms with van der Waals surface area (Å²) < 4.78 is 6.76. The quantitative estimate of drug-likeness (QED) is 0.816. The molecule has 6 heteroatoms. The Labute approximate surface area is 127 Å². The largest absolute Gasteiger partial charge is 0.496 e. The molecule has 0 saturated carbocycles. The van der Waals surface area contributed by atoms with Crippen molar-refractivity contribution < 1.29 is 9.53 Å². The van der Waals surface area contributed by atoms with E-state index >= 15 is 0 Å². The molecule has 1 heterocycles. The fourth-order valence-corrected chi connectivity index (χ4v) is 2.08. The number of nitrogens with one attached hydrogen (secondary N) is 1. The van der Waals surface area contributed by atoms with Crippen molar-refractivity contribution in [3.8, 4) is 5.75 Å². The maximum Gasteiger partial charge on any atom is 0.259 e. The molecule has 0 radical (unpaired) electrons. The number of amides is 1. The third kappa shape index (κ3) is 3.54. The summed E-state index contributed by atoms with van der Waals surface area (Å²) in [5.74, 6) is 0.269. The molecule has 0 aliphatic rings. The Hall–Kier alpha value is -1.40. The minimum absolute atomic E-state index is 0.242. The number of benzene rings is 1. The van der Waals surface area contributed by atoms with Crippen LogP contribution in [0.1, 0.15) is 10.4 Å². The number of hydrogen-bond acceptors (Lipinski definition) is 3. The van der Waals surface area contributed by atoms with Gasteiger partial charge in [0.2, 0.25) is 0 Å². The van der Waals surface area contributed by atoms with Gasteiger partial charge in [-0.05, 0) is 46.3 Å². The SMILES string of the molecule is COc1cc(Br)ccc1C(=O)Nc1ccc(Br)nc1. The Morgan fingerprint density at radius 3 is 2.68 bits per heavy atom. The Balaban J connectivity index is 2.22. The number of nitrogens with zero attached hydrogens (tertiary/aromatic N) is 1. The highest BCUT2D eigenvalue weighted by Crippen LogP contribution is 2.24. The minimum atomic E-state index is -0.242. The Bertz CT molecular complexity index is 600. The summed E-state index contributed by atoms with van der Waals surface area (Å²) in [7, 11) is 1.53. The second-order valence-electron chi connectivity index (χ2n) is 3.67. The highest BCUT2D eigenvalue weighted by Gasteiger charge is 2.12. The lowest BCUT2D eigenvalue weighted by molar-refractivity contribution is 0.102. The van der Waals surface area contributed by atoms with E-state index in [4.69, 9.17) is 4.74 Å². The molecule has 1 aromatic heterocycles. The molecule has 0 spiro atoms. The van der Waals surface area contributed by atoms with E-state index in [9.17, 15) is 4.79 Å². The van der Waals surface area contributed by atoms with Crippen LogP contribution in [-0.4, -0.2) is 18.0 Å². The number of aromatic nitrogens is 1. The predicted molar refractivity (Wildman–Crippen MR) is 80.6 cm³/mol. The number of anilines is 1. The summed E-state index contributed by atoms with van der Waals surface area (Å²) in [6.07, 6.45) is 1.58. The van der Waals surface area contributed by atoms with E-state index < -0.39 is 0 Å². The molecule has 19 heavy (non-hydrogen) atoms. The molecule has 1 aromatic carbocycles. The van der Waals surface area contributed by atoms with Crippen LogP contribution in [0.4, 0.5) is 5.69 Å².